The van der Waals surface area contributed by atoms with E-state index in [9.17, 15) is 113 Å². The Bertz CT molecular complexity index is 4650. The molecule has 0 aliphatic rings. The SMILES string of the molecule is O=c1c(OS(=O)(=O)[O-])c(-c2ccc(OS(=O)(=O)[O-])c(OS(=O)(=O)[O-])c2)oc2cc(OS(=O)(=O)[O-])cc(OCc3ccc(COc4cc(OS(=O)(=O)[O-])cc5oc(-c6ccc(OS(=O)(=O)[O-])c(OS(=O)(=O)[O-])c6)c(OS(=O)(=O)[O-])c(=O)c45)cc3)c12.[Na+].[Na+].[Na+].[Na+].[Na+].[Na+].[Na+].[Na+]. The molecule has 0 atom stereocenters. The van der Waals surface area contributed by atoms with Crippen molar-refractivity contribution in [3.63, 3.8) is 0 Å². The van der Waals surface area contributed by atoms with Gasteiger partial charge in [-0.3, -0.25) is 9.59 Å². The molecule has 0 amide bonds. The summed E-state index contributed by atoms with van der Waals surface area (Å²) in [6.45, 7) is -1.49. The Morgan fingerprint density at radius 3 is 0.826 bits per heavy atom. The van der Waals surface area contributed by atoms with Crippen LogP contribution < -0.4 is 290 Å². The van der Waals surface area contributed by atoms with Gasteiger partial charge in [-0.1, -0.05) is 24.3 Å². The zero-order valence-electron chi connectivity index (χ0n) is 47.3. The molecule has 0 spiro atoms. The molecule has 38 nitrogen and oxygen atoms in total. The molecule has 0 saturated carbocycles. The van der Waals surface area contributed by atoms with Crippen molar-refractivity contribution in [2.24, 2.45) is 0 Å². The number of ether oxygens (including phenoxy) is 2. The number of rotatable bonds is 24. The van der Waals surface area contributed by atoms with Crippen molar-refractivity contribution in [2.75, 3.05) is 0 Å². The Kier molecular flexibility index (Phi) is 37.2. The Labute approximate surface area is 695 Å². The largest absolute Gasteiger partial charge is 1.00 e. The summed E-state index contributed by atoms with van der Waals surface area (Å²) in [5.74, 6) is -15.0. The zero-order valence-corrected chi connectivity index (χ0v) is 69.8. The van der Waals surface area contributed by atoms with Crippen molar-refractivity contribution in [1.82, 2.24) is 0 Å². The molecular weight excluding hydrogens is 1500 g/mol. The first-order valence-electron chi connectivity index (χ1n) is 20.5. The molecule has 2 aromatic heterocycles. The second kappa shape index (κ2) is 36.4. The fourth-order valence-electron chi connectivity index (χ4n) is 6.84. The van der Waals surface area contributed by atoms with Crippen LogP contribution in [0.2, 0.25) is 0 Å². The van der Waals surface area contributed by atoms with Crippen LogP contribution in [0.15, 0.2) is 103 Å². The molecule has 92 heavy (non-hydrogen) atoms. The quantitative estimate of drug-likeness (QED) is 0.0308. The van der Waals surface area contributed by atoms with Gasteiger partial charge < -0.3 is 88.2 Å². The van der Waals surface area contributed by atoms with Gasteiger partial charge in [0.15, 0.2) is 34.5 Å². The molecule has 0 unspecified atom stereocenters. The van der Waals surface area contributed by atoms with Gasteiger partial charge in [0.2, 0.25) is 22.4 Å². The topological polar surface area (TPSA) is 610 Å². The van der Waals surface area contributed by atoms with Crippen LogP contribution in [0.4, 0.5) is 0 Å². The zero-order chi connectivity index (χ0) is 62.5. The van der Waals surface area contributed by atoms with Gasteiger partial charge in [0, 0.05) is 35.4 Å². The van der Waals surface area contributed by atoms with Crippen LogP contribution in [0.5, 0.6) is 57.5 Å². The molecule has 54 heteroatoms. The summed E-state index contributed by atoms with van der Waals surface area (Å²) in [4.78, 5) is 28.1. The van der Waals surface area contributed by atoms with Crippen LogP contribution in [-0.4, -0.2) is 104 Å². The van der Waals surface area contributed by atoms with E-state index in [0.717, 1.165) is 0 Å². The average Bonchev–Trinajstić information content (AvgIpc) is 0.786. The summed E-state index contributed by atoms with van der Waals surface area (Å²) < 4.78 is 334. The first-order chi connectivity index (χ1) is 38.3. The maximum Gasteiger partial charge on any atom is 1.00 e. The molecule has 2 heterocycles. The molecule has 0 N–H and O–H groups in total. The second-order valence-electron chi connectivity index (χ2n) is 15.4. The first kappa shape index (κ1) is 93.9. The fourth-order valence-corrected chi connectivity index (χ4v) is 9.63. The maximum absolute atomic E-state index is 14.1. The molecule has 0 aliphatic heterocycles. The molecule has 0 bridgehead atoms. The van der Waals surface area contributed by atoms with Gasteiger partial charge in [0.1, 0.15) is 58.2 Å². The number of hydrogen-bond donors (Lipinski definition) is 0. The summed E-state index contributed by atoms with van der Waals surface area (Å²) in [5.41, 5.74) is -6.92. The summed E-state index contributed by atoms with van der Waals surface area (Å²) in [5, 5.41) is -1.91. The number of fused-ring (bicyclic) bond motifs is 2. The molecule has 7 rings (SSSR count). The third-order valence-corrected chi connectivity index (χ3v) is 12.6. The van der Waals surface area contributed by atoms with E-state index < -0.39 is 209 Å². The summed E-state index contributed by atoms with van der Waals surface area (Å²) in [6.07, 6.45) is 0. The Morgan fingerprint density at radius 1 is 0.304 bits per heavy atom. The Morgan fingerprint density at radius 2 is 0.565 bits per heavy atom. The van der Waals surface area contributed by atoms with Crippen molar-refractivity contribution in [3.8, 4) is 80.1 Å². The molecule has 0 radical (unpaired) electrons. The van der Waals surface area contributed by atoms with Gasteiger partial charge in [-0.05, 0) is 47.5 Å². The van der Waals surface area contributed by atoms with Crippen molar-refractivity contribution >= 4 is 105 Å². The van der Waals surface area contributed by atoms with E-state index in [2.05, 4.69) is 33.5 Å². The maximum atomic E-state index is 14.1. The van der Waals surface area contributed by atoms with Crippen LogP contribution in [0.25, 0.3) is 44.6 Å². The van der Waals surface area contributed by atoms with Crippen molar-refractivity contribution in [1.29, 1.82) is 0 Å². The van der Waals surface area contributed by atoms with Crippen LogP contribution in [-0.2, 0) is 96.4 Å². The van der Waals surface area contributed by atoms with E-state index in [1.807, 2.05) is 0 Å². The average molecular weight is 1520 g/mol. The molecule has 5 aromatic carbocycles. The molecular formula is C38H18Na8O38S8. The van der Waals surface area contributed by atoms with E-state index in [0.29, 0.717) is 48.5 Å². The van der Waals surface area contributed by atoms with Crippen LogP contribution in [0, 0.1) is 0 Å². The van der Waals surface area contributed by atoms with Crippen molar-refractivity contribution < 1.29 is 392 Å². The van der Waals surface area contributed by atoms with E-state index >= 15 is 0 Å². The molecule has 0 saturated heterocycles. The van der Waals surface area contributed by atoms with Gasteiger partial charge >= 0.3 is 236 Å². The van der Waals surface area contributed by atoms with Crippen molar-refractivity contribution in [2.45, 2.75) is 13.2 Å². The Hall–Kier alpha value is -0.200. The monoisotopic (exact) mass is 1520 g/mol. The van der Waals surface area contributed by atoms with Gasteiger partial charge in [-0.15, -0.1) is 0 Å². The normalized spacial score (nSPS) is 11.7. The minimum absolute atomic E-state index is 0. The molecule has 454 valence electrons. The first-order valence-corrected chi connectivity index (χ1v) is 31.2. The van der Waals surface area contributed by atoms with Gasteiger partial charge in [0.05, 0.1) is 0 Å². The summed E-state index contributed by atoms with van der Waals surface area (Å²) in [7, 11) is -46.8. The van der Waals surface area contributed by atoms with Crippen LogP contribution in [0.1, 0.15) is 11.1 Å². The van der Waals surface area contributed by atoms with Crippen LogP contribution in [0.3, 0.4) is 0 Å². The van der Waals surface area contributed by atoms with E-state index in [4.69, 9.17) is 18.3 Å². The third-order valence-electron chi connectivity index (χ3n) is 9.54. The predicted octanol–water partition coefficient (Wildman–Crippen LogP) is -24.9. The van der Waals surface area contributed by atoms with E-state index in [1.54, 1.807) is 0 Å². The Balaban J connectivity index is 0. The standard InChI is InChI=1S/C38H26O38S8.8Na/c39-33-31-27(11-21(69-77(41,42)43)13-29(31)67-35(37(33)75-83(59,60)61)19-5-7-23(71-79(47,48)49)25(9-19)73-81(53,54)55)65-15-17-1-2-18(4-3-17)16-66-28-12-22(70-78(44,45)46)14-30-32(28)34(40)38(76-84(62,63)64)36(68-30)20-6-8-24(72-80(50,51)52)26(10-20)74-82(56,57)58;;;;;;;;/h1-14H,15-16H2,(H,41,42,43)(H,44,45,46)(H,47,48,49)(H,50,51,52)(H,53,54,55)(H,56,57,58)(H,59,60,61)(H,62,63,64);;;;;;;;/q;8*+1/p-8. The van der Waals surface area contributed by atoms with Gasteiger partial charge in [-0.25, -0.2) is 67.3 Å². The second-order valence-corrected chi connectivity index (χ2v) is 23.3. The molecule has 0 fully saturated rings. The minimum Gasteiger partial charge on any atom is -0.716 e. The third kappa shape index (κ3) is 28.4. The molecule has 0 aliphatic carbocycles. The number of benzene rings is 5. The predicted molar refractivity (Wildman–Crippen MR) is 254 cm³/mol. The van der Waals surface area contributed by atoms with E-state index in [1.165, 1.54) is 24.3 Å². The smallest absolute Gasteiger partial charge is 0.716 e. The van der Waals surface area contributed by atoms with Gasteiger partial charge in [0.25, 0.3) is 83.2 Å². The fraction of sp³-hybridized carbons (Fsp3) is 0.0526. The number of hydrogen-bond acceptors (Lipinski definition) is 38. The van der Waals surface area contributed by atoms with E-state index in [-0.39, 0.29) is 260 Å². The van der Waals surface area contributed by atoms with Crippen molar-refractivity contribution in [3.05, 3.63) is 117 Å². The minimum atomic E-state index is -6.04. The van der Waals surface area contributed by atoms with Gasteiger partial charge in [-0.2, -0.15) is 0 Å². The summed E-state index contributed by atoms with van der Waals surface area (Å²) in [6, 6.07) is 9.35. The summed E-state index contributed by atoms with van der Waals surface area (Å²) >= 11 is 0. The van der Waals surface area contributed by atoms with Crippen LogP contribution >= 0.6 is 0 Å². The molecule has 7 aromatic rings.